The van der Waals surface area contributed by atoms with E-state index in [0.29, 0.717) is 11.3 Å². The number of rotatable bonds is 10. The normalized spacial score (nSPS) is 27.0. The van der Waals surface area contributed by atoms with Crippen molar-refractivity contribution in [2.75, 3.05) is 0 Å². The van der Waals surface area contributed by atoms with Crippen LogP contribution in [0, 0.1) is 22.7 Å². The Morgan fingerprint density at radius 3 is 1.80 bits per heavy atom. The van der Waals surface area contributed by atoms with E-state index in [1.54, 1.807) is 0 Å². The zero-order valence-electron chi connectivity index (χ0n) is 27.8. The molecule has 0 bridgehead atoms. The van der Waals surface area contributed by atoms with Crippen LogP contribution in [-0.2, 0) is 0 Å². The molecule has 0 aromatic heterocycles. The number of allylic oxidation sites excluding steroid dienone is 19. The maximum atomic E-state index is 10.1. The Kier molecular flexibility index (Phi) is 13.6. The van der Waals surface area contributed by atoms with Gasteiger partial charge in [0.2, 0.25) is 0 Å². The molecule has 0 amide bonds. The lowest BCUT2D eigenvalue weighted by Gasteiger charge is -2.41. The standard InChI is InChI=1S/C40H58O/c1-30(18-13-20-32(3)23-25-37-34(5)22-15-27-39(37,7)8)16-11-12-17-31(2)19-14-21-33(4)24-26-38-35(6)28-36(41)29-40(38,9)10/h11-14,16-21,23-26,34,36-37,41H,15,22,27-29H2,1-10H3/b12-11+,18-13+,19-14+,25-23+,26-24+,30-16+,31-17+,32-20+,33-21+/t34?,36-,37+/m1/s1. The first-order valence-electron chi connectivity index (χ1n) is 15.7. The summed E-state index contributed by atoms with van der Waals surface area (Å²) in [5.41, 5.74) is 8.02. The number of aliphatic hydroxyl groups excluding tert-OH is 1. The van der Waals surface area contributed by atoms with Crippen molar-refractivity contribution in [1.82, 2.24) is 0 Å². The molecule has 0 aromatic carbocycles. The van der Waals surface area contributed by atoms with Crippen LogP contribution in [0.1, 0.15) is 101 Å². The molecule has 2 rings (SSSR count). The molecule has 0 spiro atoms. The summed E-state index contributed by atoms with van der Waals surface area (Å²) in [6.07, 6.45) is 36.0. The van der Waals surface area contributed by atoms with Crippen LogP contribution < -0.4 is 0 Å². The third-order valence-corrected chi connectivity index (χ3v) is 8.82. The van der Waals surface area contributed by atoms with Crippen LogP contribution in [0.3, 0.4) is 0 Å². The van der Waals surface area contributed by atoms with Crippen LogP contribution >= 0.6 is 0 Å². The molecule has 1 N–H and O–H groups in total. The molecule has 1 unspecified atom stereocenters. The van der Waals surface area contributed by atoms with E-state index < -0.39 is 0 Å². The molecule has 0 aliphatic heterocycles. The third kappa shape index (κ3) is 12.0. The lowest BCUT2D eigenvalue weighted by molar-refractivity contribution is 0.116. The molecule has 41 heavy (non-hydrogen) atoms. The van der Waals surface area contributed by atoms with Crippen molar-refractivity contribution < 1.29 is 5.11 Å². The quantitative estimate of drug-likeness (QED) is 0.266. The minimum absolute atomic E-state index is 0.0142. The Balaban J connectivity index is 1.88. The van der Waals surface area contributed by atoms with Gasteiger partial charge in [-0.3, -0.25) is 0 Å². The van der Waals surface area contributed by atoms with Gasteiger partial charge in [0.05, 0.1) is 6.10 Å². The second-order valence-corrected chi connectivity index (χ2v) is 14.0. The van der Waals surface area contributed by atoms with Crippen LogP contribution in [0.15, 0.2) is 119 Å². The SMILES string of the molecule is CC1=C(/C=C/C(C)=C/C=C/C(C)=C/C=C/C=C(C)/C=C/C=C(C)/C=C/[C@H]2C(C)CCCC2(C)C)C(C)(C)C[C@H](O)C1. The van der Waals surface area contributed by atoms with E-state index in [0.717, 1.165) is 18.8 Å². The molecule has 1 heteroatoms. The first-order chi connectivity index (χ1) is 19.2. The molecule has 1 nitrogen and oxygen atoms in total. The topological polar surface area (TPSA) is 20.2 Å². The van der Waals surface area contributed by atoms with Crippen molar-refractivity contribution in [1.29, 1.82) is 0 Å². The second kappa shape index (κ2) is 16.1. The summed E-state index contributed by atoms with van der Waals surface area (Å²) in [4.78, 5) is 0. The fraction of sp³-hybridized carbons (Fsp3) is 0.500. The molecule has 3 atom stereocenters. The summed E-state index contributed by atoms with van der Waals surface area (Å²) < 4.78 is 0. The lowest BCUT2D eigenvalue weighted by atomic mass is 9.64. The Bertz CT molecular complexity index is 1180. The summed E-state index contributed by atoms with van der Waals surface area (Å²) in [6, 6.07) is 0. The first-order valence-corrected chi connectivity index (χ1v) is 15.7. The highest BCUT2D eigenvalue weighted by molar-refractivity contribution is 5.38. The molecular weight excluding hydrogens is 496 g/mol. The van der Waals surface area contributed by atoms with Gasteiger partial charge in [-0.1, -0.05) is 160 Å². The molecule has 0 aromatic rings. The fourth-order valence-corrected chi connectivity index (χ4v) is 6.44. The van der Waals surface area contributed by atoms with Crippen molar-refractivity contribution in [3.05, 3.63) is 119 Å². The highest BCUT2D eigenvalue weighted by Crippen LogP contribution is 2.44. The van der Waals surface area contributed by atoms with Gasteiger partial charge in [-0.2, -0.15) is 0 Å². The summed E-state index contributed by atoms with van der Waals surface area (Å²) >= 11 is 0. The zero-order valence-corrected chi connectivity index (χ0v) is 27.8. The van der Waals surface area contributed by atoms with Gasteiger partial charge >= 0.3 is 0 Å². The third-order valence-electron chi connectivity index (χ3n) is 8.82. The predicted octanol–water partition coefficient (Wildman–Crippen LogP) is 11.5. The van der Waals surface area contributed by atoms with Crippen molar-refractivity contribution in [3.8, 4) is 0 Å². The molecule has 0 saturated heterocycles. The summed E-state index contributed by atoms with van der Waals surface area (Å²) in [5, 5.41) is 10.1. The Morgan fingerprint density at radius 1 is 0.756 bits per heavy atom. The van der Waals surface area contributed by atoms with E-state index in [-0.39, 0.29) is 11.5 Å². The molecule has 0 heterocycles. The predicted molar refractivity (Wildman–Crippen MR) is 183 cm³/mol. The number of hydrogen-bond acceptors (Lipinski definition) is 1. The van der Waals surface area contributed by atoms with Gasteiger partial charge in [0.1, 0.15) is 0 Å². The van der Waals surface area contributed by atoms with Gasteiger partial charge < -0.3 is 5.11 Å². The van der Waals surface area contributed by atoms with E-state index >= 15 is 0 Å². The monoisotopic (exact) mass is 554 g/mol. The van der Waals surface area contributed by atoms with Crippen LogP contribution in [-0.4, -0.2) is 11.2 Å². The van der Waals surface area contributed by atoms with E-state index in [9.17, 15) is 5.11 Å². The van der Waals surface area contributed by atoms with Crippen LogP contribution in [0.2, 0.25) is 0 Å². The smallest absolute Gasteiger partial charge is 0.0585 e. The highest BCUT2D eigenvalue weighted by atomic mass is 16.3. The Morgan fingerprint density at radius 2 is 1.27 bits per heavy atom. The molecule has 2 aliphatic carbocycles. The van der Waals surface area contributed by atoms with Gasteiger partial charge in [-0.25, -0.2) is 0 Å². The molecule has 224 valence electrons. The molecule has 0 radical (unpaired) electrons. The lowest BCUT2D eigenvalue weighted by Crippen LogP contribution is -2.32. The van der Waals surface area contributed by atoms with Gasteiger partial charge in [0.15, 0.2) is 0 Å². The largest absolute Gasteiger partial charge is 0.393 e. The maximum absolute atomic E-state index is 10.1. The average molecular weight is 555 g/mol. The number of hydrogen-bond donors (Lipinski definition) is 1. The minimum atomic E-state index is -0.219. The summed E-state index contributed by atoms with van der Waals surface area (Å²) in [7, 11) is 0. The van der Waals surface area contributed by atoms with E-state index in [1.807, 2.05) is 0 Å². The zero-order chi connectivity index (χ0) is 30.6. The summed E-state index contributed by atoms with van der Waals surface area (Å²) in [5.74, 6) is 1.43. The van der Waals surface area contributed by atoms with E-state index in [4.69, 9.17) is 0 Å². The Hall–Kier alpha value is -2.64. The van der Waals surface area contributed by atoms with E-state index in [2.05, 4.69) is 154 Å². The Labute approximate surface area is 253 Å². The van der Waals surface area contributed by atoms with Crippen molar-refractivity contribution in [2.45, 2.75) is 107 Å². The number of aliphatic hydroxyl groups is 1. The molecule has 1 fully saturated rings. The van der Waals surface area contributed by atoms with E-state index in [1.165, 1.54) is 52.7 Å². The van der Waals surface area contributed by atoms with Gasteiger partial charge in [0, 0.05) is 0 Å². The van der Waals surface area contributed by atoms with Crippen molar-refractivity contribution in [2.24, 2.45) is 22.7 Å². The van der Waals surface area contributed by atoms with Gasteiger partial charge in [-0.15, -0.1) is 0 Å². The van der Waals surface area contributed by atoms with Gasteiger partial charge in [-0.05, 0) is 82.1 Å². The van der Waals surface area contributed by atoms with Crippen LogP contribution in [0.4, 0.5) is 0 Å². The maximum Gasteiger partial charge on any atom is 0.0585 e. The molecule has 1 saturated carbocycles. The van der Waals surface area contributed by atoms with Crippen molar-refractivity contribution >= 4 is 0 Å². The second-order valence-electron chi connectivity index (χ2n) is 14.0. The van der Waals surface area contributed by atoms with Gasteiger partial charge in [0.25, 0.3) is 0 Å². The van der Waals surface area contributed by atoms with Crippen LogP contribution in [0.5, 0.6) is 0 Å². The summed E-state index contributed by atoms with van der Waals surface area (Å²) in [6.45, 7) is 22.4. The molecular formula is C40H58O. The molecule has 2 aliphatic rings. The average Bonchev–Trinajstić information content (AvgIpc) is 2.84. The van der Waals surface area contributed by atoms with Crippen molar-refractivity contribution in [3.63, 3.8) is 0 Å². The highest BCUT2D eigenvalue weighted by Gasteiger charge is 2.35. The van der Waals surface area contributed by atoms with Crippen LogP contribution in [0.25, 0.3) is 0 Å². The minimum Gasteiger partial charge on any atom is -0.393 e. The fourth-order valence-electron chi connectivity index (χ4n) is 6.44. The first kappa shape index (κ1) is 34.6.